The molecule has 3 nitrogen and oxygen atoms in total. The van der Waals surface area contributed by atoms with Crippen molar-refractivity contribution >= 4 is 11.4 Å². The molecule has 0 bridgehead atoms. The van der Waals surface area contributed by atoms with Crippen molar-refractivity contribution in [3.05, 3.63) is 23.8 Å². The summed E-state index contributed by atoms with van der Waals surface area (Å²) in [6.45, 7) is 6.65. The van der Waals surface area contributed by atoms with Gasteiger partial charge < -0.3 is 10.6 Å². The van der Waals surface area contributed by atoms with Crippen LogP contribution in [0.1, 0.15) is 25.8 Å². The van der Waals surface area contributed by atoms with Crippen molar-refractivity contribution in [2.45, 2.75) is 20.3 Å². The lowest BCUT2D eigenvalue weighted by Crippen LogP contribution is -2.22. The van der Waals surface area contributed by atoms with E-state index in [2.05, 4.69) is 24.8 Å². The molecule has 2 N–H and O–H groups in total. The molecule has 16 heavy (non-hydrogen) atoms. The van der Waals surface area contributed by atoms with Gasteiger partial charge in [0.15, 0.2) is 0 Å². The summed E-state index contributed by atoms with van der Waals surface area (Å²) in [5.41, 5.74) is 8.32. The normalized spacial score (nSPS) is 18.4. The molecular weight excluding hydrogens is 198 g/mol. The highest BCUT2D eigenvalue weighted by Crippen LogP contribution is 2.33. The molecule has 1 aliphatic heterocycles. The maximum Gasteiger partial charge on any atom is 0.101 e. The molecule has 1 fully saturated rings. The smallest absolute Gasteiger partial charge is 0.101 e. The first-order valence-electron chi connectivity index (χ1n) is 5.56. The Morgan fingerprint density at radius 1 is 1.44 bits per heavy atom. The van der Waals surface area contributed by atoms with Gasteiger partial charge in [0.05, 0.1) is 5.56 Å². The molecule has 1 saturated heterocycles. The average Bonchev–Trinajstić information content (AvgIpc) is 2.59. The summed E-state index contributed by atoms with van der Waals surface area (Å²) in [4.78, 5) is 2.32. The van der Waals surface area contributed by atoms with Gasteiger partial charge in [-0.3, -0.25) is 0 Å². The van der Waals surface area contributed by atoms with Crippen LogP contribution in [0, 0.1) is 16.7 Å². The van der Waals surface area contributed by atoms with Gasteiger partial charge in [-0.1, -0.05) is 13.8 Å². The number of nitriles is 1. The van der Waals surface area contributed by atoms with Crippen LogP contribution in [-0.2, 0) is 0 Å². The van der Waals surface area contributed by atoms with Crippen LogP contribution in [0.2, 0.25) is 0 Å². The van der Waals surface area contributed by atoms with E-state index in [4.69, 9.17) is 11.0 Å². The van der Waals surface area contributed by atoms with Crippen molar-refractivity contribution in [2.24, 2.45) is 5.41 Å². The molecule has 1 aromatic carbocycles. The molecule has 0 atom stereocenters. The van der Waals surface area contributed by atoms with E-state index in [0.29, 0.717) is 16.7 Å². The molecule has 2 rings (SSSR count). The highest BCUT2D eigenvalue weighted by molar-refractivity contribution is 5.63. The Labute approximate surface area is 96.5 Å². The standard InChI is InChI=1S/C13H17N3/c1-13(2)5-6-16(9-13)11-3-4-12(15)10(7-11)8-14/h3-4,7H,5-6,9,15H2,1-2H3. The zero-order chi connectivity index (χ0) is 11.8. The molecule has 84 valence electrons. The molecule has 1 heterocycles. The minimum Gasteiger partial charge on any atom is -0.398 e. The highest BCUT2D eigenvalue weighted by Gasteiger charge is 2.29. The third-order valence-electron chi connectivity index (χ3n) is 3.20. The Bertz CT molecular complexity index is 443. The van der Waals surface area contributed by atoms with Gasteiger partial charge in [0, 0.05) is 24.5 Å². The molecule has 0 saturated carbocycles. The van der Waals surface area contributed by atoms with Crippen LogP contribution in [0.5, 0.6) is 0 Å². The summed E-state index contributed by atoms with van der Waals surface area (Å²) < 4.78 is 0. The van der Waals surface area contributed by atoms with E-state index in [-0.39, 0.29) is 0 Å². The van der Waals surface area contributed by atoms with Crippen molar-refractivity contribution in [3.8, 4) is 6.07 Å². The van der Waals surface area contributed by atoms with E-state index in [1.165, 1.54) is 6.42 Å². The number of nitrogens with two attached hydrogens (primary N) is 1. The van der Waals surface area contributed by atoms with E-state index < -0.39 is 0 Å². The lowest BCUT2D eigenvalue weighted by Gasteiger charge is -2.22. The Kier molecular flexibility index (Phi) is 2.51. The first-order valence-corrected chi connectivity index (χ1v) is 5.56. The fourth-order valence-corrected chi connectivity index (χ4v) is 2.17. The molecule has 1 aromatic rings. The van der Waals surface area contributed by atoms with Crippen molar-refractivity contribution in [2.75, 3.05) is 23.7 Å². The second-order valence-electron chi connectivity index (χ2n) is 5.22. The predicted molar refractivity (Wildman–Crippen MR) is 66.2 cm³/mol. The topological polar surface area (TPSA) is 53.0 Å². The minimum absolute atomic E-state index is 0.369. The van der Waals surface area contributed by atoms with Gasteiger partial charge in [0.1, 0.15) is 6.07 Å². The van der Waals surface area contributed by atoms with Gasteiger partial charge in [-0.15, -0.1) is 0 Å². The van der Waals surface area contributed by atoms with Gasteiger partial charge in [0.2, 0.25) is 0 Å². The number of rotatable bonds is 1. The van der Waals surface area contributed by atoms with E-state index in [1.54, 1.807) is 0 Å². The molecule has 1 aliphatic rings. The summed E-state index contributed by atoms with van der Waals surface area (Å²) in [6.07, 6.45) is 1.19. The fourth-order valence-electron chi connectivity index (χ4n) is 2.17. The zero-order valence-electron chi connectivity index (χ0n) is 9.83. The molecule has 0 spiro atoms. The number of anilines is 2. The van der Waals surface area contributed by atoms with Gasteiger partial charge in [-0.2, -0.15) is 5.26 Å². The second-order valence-corrected chi connectivity index (χ2v) is 5.22. The fraction of sp³-hybridized carbons (Fsp3) is 0.462. The minimum atomic E-state index is 0.369. The molecular formula is C13H17N3. The first kappa shape index (κ1) is 10.8. The molecule has 0 unspecified atom stereocenters. The molecule has 0 radical (unpaired) electrons. The summed E-state index contributed by atoms with van der Waals surface area (Å²) >= 11 is 0. The monoisotopic (exact) mass is 215 g/mol. The maximum atomic E-state index is 8.94. The van der Waals surface area contributed by atoms with Crippen LogP contribution < -0.4 is 10.6 Å². The maximum absolute atomic E-state index is 8.94. The van der Waals surface area contributed by atoms with Gasteiger partial charge >= 0.3 is 0 Å². The van der Waals surface area contributed by atoms with Crippen LogP contribution in [0.3, 0.4) is 0 Å². The number of nitrogens with zero attached hydrogens (tertiary/aromatic N) is 2. The molecule has 3 heteroatoms. The van der Waals surface area contributed by atoms with E-state index in [9.17, 15) is 0 Å². The Hall–Kier alpha value is -1.69. The van der Waals surface area contributed by atoms with E-state index in [0.717, 1.165) is 18.8 Å². The summed E-state index contributed by atoms with van der Waals surface area (Å²) in [7, 11) is 0. The Morgan fingerprint density at radius 2 is 2.19 bits per heavy atom. The molecule has 0 amide bonds. The van der Waals surface area contributed by atoms with Crippen molar-refractivity contribution in [1.82, 2.24) is 0 Å². The van der Waals surface area contributed by atoms with Crippen LogP contribution in [0.4, 0.5) is 11.4 Å². The lowest BCUT2D eigenvalue weighted by molar-refractivity contribution is 0.418. The Morgan fingerprint density at radius 3 is 2.75 bits per heavy atom. The van der Waals surface area contributed by atoms with Gasteiger partial charge in [-0.05, 0) is 30.0 Å². The van der Waals surface area contributed by atoms with E-state index in [1.807, 2.05) is 18.2 Å². The van der Waals surface area contributed by atoms with Crippen molar-refractivity contribution in [3.63, 3.8) is 0 Å². The third kappa shape index (κ3) is 1.96. The number of hydrogen-bond acceptors (Lipinski definition) is 3. The van der Waals surface area contributed by atoms with Gasteiger partial charge in [0.25, 0.3) is 0 Å². The summed E-state index contributed by atoms with van der Waals surface area (Å²) in [5, 5.41) is 8.94. The van der Waals surface area contributed by atoms with Crippen LogP contribution in [0.25, 0.3) is 0 Å². The third-order valence-corrected chi connectivity index (χ3v) is 3.20. The summed E-state index contributed by atoms with van der Waals surface area (Å²) in [6, 6.07) is 7.83. The molecule has 0 aliphatic carbocycles. The average molecular weight is 215 g/mol. The van der Waals surface area contributed by atoms with Crippen molar-refractivity contribution in [1.29, 1.82) is 5.26 Å². The first-order chi connectivity index (χ1) is 7.52. The predicted octanol–water partition coefficient (Wildman–Crippen LogP) is 2.38. The second kappa shape index (κ2) is 3.71. The van der Waals surface area contributed by atoms with Gasteiger partial charge in [-0.25, -0.2) is 0 Å². The quantitative estimate of drug-likeness (QED) is 0.732. The van der Waals surface area contributed by atoms with Crippen LogP contribution in [0.15, 0.2) is 18.2 Å². The highest BCUT2D eigenvalue weighted by atomic mass is 15.2. The zero-order valence-corrected chi connectivity index (χ0v) is 9.83. The van der Waals surface area contributed by atoms with Crippen molar-refractivity contribution < 1.29 is 0 Å². The SMILES string of the molecule is CC1(C)CCN(c2ccc(N)c(C#N)c2)C1. The number of nitrogen functional groups attached to an aromatic ring is 1. The lowest BCUT2D eigenvalue weighted by atomic mass is 9.93. The van der Waals surface area contributed by atoms with E-state index >= 15 is 0 Å². The Balaban J connectivity index is 2.26. The van der Waals surface area contributed by atoms with Crippen LogP contribution >= 0.6 is 0 Å². The van der Waals surface area contributed by atoms with Crippen LogP contribution in [-0.4, -0.2) is 13.1 Å². The summed E-state index contributed by atoms with van der Waals surface area (Å²) in [5.74, 6) is 0. The number of hydrogen-bond donors (Lipinski definition) is 1. The number of benzene rings is 1. The largest absolute Gasteiger partial charge is 0.398 e. The molecule has 0 aromatic heterocycles.